The number of nitrogens with zero attached hydrogens (tertiary/aromatic N) is 2. The van der Waals surface area contributed by atoms with E-state index in [1.165, 1.54) is 22.8 Å². The number of hydrogen-bond donors (Lipinski definition) is 1. The van der Waals surface area contributed by atoms with Gasteiger partial charge in [0.25, 0.3) is 5.91 Å². The van der Waals surface area contributed by atoms with Crippen LogP contribution in [0, 0.1) is 6.92 Å². The van der Waals surface area contributed by atoms with Gasteiger partial charge in [0.1, 0.15) is 6.54 Å². The lowest BCUT2D eigenvalue weighted by Crippen LogP contribution is -2.43. The molecule has 2 heterocycles. The number of aromatic nitrogens is 1. The minimum Gasteiger partial charge on any atom is -0.459 e. The van der Waals surface area contributed by atoms with Gasteiger partial charge in [-0.1, -0.05) is 55.0 Å². The summed E-state index contributed by atoms with van der Waals surface area (Å²) in [6.45, 7) is 5.61. The summed E-state index contributed by atoms with van der Waals surface area (Å²) in [5.74, 6) is -0.0778. The fourth-order valence-corrected chi connectivity index (χ4v) is 4.14. The maximum Gasteiger partial charge on any atom is 0.290 e. The number of para-hydroxylation sites is 1. The molecular formula is C28H31N3O3. The van der Waals surface area contributed by atoms with Gasteiger partial charge in [-0.25, -0.2) is 0 Å². The number of aryl methyl sites for hydroxylation is 1. The Bertz CT molecular complexity index is 1230. The number of hydrogen-bond acceptors (Lipinski definition) is 3. The smallest absolute Gasteiger partial charge is 0.290 e. The second-order valence-corrected chi connectivity index (χ2v) is 8.61. The number of rotatable bonds is 10. The molecule has 4 rings (SSSR count). The second-order valence-electron chi connectivity index (χ2n) is 8.61. The van der Waals surface area contributed by atoms with E-state index < -0.39 is 0 Å². The number of nitrogens with one attached hydrogen (secondary N) is 1. The molecule has 0 aliphatic heterocycles. The van der Waals surface area contributed by atoms with Crippen molar-refractivity contribution in [2.24, 2.45) is 0 Å². The normalized spacial score (nSPS) is 11.0. The van der Waals surface area contributed by atoms with Gasteiger partial charge in [-0.15, -0.1) is 0 Å². The van der Waals surface area contributed by atoms with Gasteiger partial charge in [-0.2, -0.15) is 0 Å². The summed E-state index contributed by atoms with van der Waals surface area (Å²) in [7, 11) is 0. The van der Waals surface area contributed by atoms with E-state index in [0.29, 0.717) is 19.6 Å². The van der Waals surface area contributed by atoms with Crippen LogP contribution in [0.4, 0.5) is 0 Å². The van der Waals surface area contributed by atoms with Crippen molar-refractivity contribution in [3.8, 4) is 0 Å². The lowest BCUT2D eigenvalue weighted by atomic mass is 10.1. The first kappa shape index (κ1) is 23.4. The van der Waals surface area contributed by atoms with Crippen molar-refractivity contribution in [2.75, 3.05) is 19.6 Å². The van der Waals surface area contributed by atoms with E-state index in [1.807, 2.05) is 37.1 Å². The second kappa shape index (κ2) is 10.9. The minimum absolute atomic E-state index is 0.0210. The number of amides is 2. The molecule has 0 saturated heterocycles. The molecule has 0 saturated carbocycles. The van der Waals surface area contributed by atoms with Crippen LogP contribution >= 0.6 is 0 Å². The largest absolute Gasteiger partial charge is 0.459 e. The SMILES string of the molecule is CCCN(CC(=O)N(CCc1c[nH]c2ccccc12)Cc1ccc(C)cc1)C(=O)c1ccco1. The molecule has 0 unspecified atom stereocenters. The Morgan fingerprint density at radius 2 is 1.74 bits per heavy atom. The first-order valence-electron chi connectivity index (χ1n) is 11.8. The van der Waals surface area contributed by atoms with E-state index >= 15 is 0 Å². The third-order valence-corrected chi connectivity index (χ3v) is 6.01. The molecule has 0 radical (unpaired) electrons. The summed E-state index contributed by atoms with van der Waals surface area (Å²) in [6.07, 6.45) is 4.97. The highest BCUT2D eigenvalue weighted by molar-refractivity contribution is 5.94. The van der Waals surface area contributed by atoms with E-state index in [9.17, 15) is 9.59 Å². The molecule has 0 atom stereocenters. The van der Waals surface area contributed by atoms with Crippen LogP contribution in [0.2, 0.25) is 0 Å². The van der Waals surface area contributed by atoms with Gasteiger partial charge in [0.15, 0.2) is 5.76 Å². The number of carbonyl (C=O) groups is 2. The molecule has 0 aliphatic rings. The van der Waals surface area contributed by atoms with E-state index in [0.717, 1.165) is 23.9 Å². The zero-order valence-electron chi connectivity index (χ0n) is 19.8. The highest BCUT2D eigenvalue weighted by Crippen LogP contribution is 2.19. The Morgan fingerprint density at radius 3 is 2.47 bits per heavy atom. The molecule has 6 heteroatoms. The van der Waals surface area contributed by atoms with Crippen LogP contribution in [-0.4, -0.2) is 46.2 Å². The van der Waals surface area contributed by atoms with Gasteiger partial charge >= 0.3 is 0 Å². The van der Waals surface area contributed by atoms with Gasteiger partial charge in [-0.3, -0.25) is 9.59 Å². The van der Waals surface area contributed by atoms with Crippen molar-refractivity contribution in [3.05, 3.63) is 95.6 Å². The monoisotopic (exact) mass is 457 g/mol. The van der Waals surface area contributed by atoms with Crippen LogP contribution in [0.3, 0.4) is 0 Å². The number of benzene rings is 2. The molecule has 4 aromatic rings. The van der Waals surface area contributed by atoms with Crippen molar-refractivity contribution >= 4 is 22.7 Å². The molecule has 2 aromatic heterocycles. The summed E-state index contributed by atoms with van der Waals surface area (Å²) in [5, 5.41) is 1.17. The van der Waals surface area contributed by atoms with Gasteiger partial charge in [0.2, 0.25) is 5.91 Å². The molecule has 0 aliphatic carbocycles. The van der Waals surface area contributed by atoms with Gasteiger partial charge < -0.3 is 19.2 Å². The molecule has 6 nitrogen and oxygen atoms in total. The molecule has 2 aromatic carbocycles. The summed E-state index contributed by atoms with van der Waals surface area (Å²) in [4.78, 5) is 33.1. The number of fused-ring (bicyclic) bond motifs is 1. The van der Waals surface area contributed by atoms with Crippen LogP contribution < -0.4 is 0 Å². The van der Waals surface area contributed by atoms with Crippen molar-refractivity contribution in [2.45, 2.75) is 33.2 Å². The van der Waals surface area contributed by atoms with Crippen LogP contribution in [0.15, 0.2) is 77.5 Å². The maximum atomic E-state index is 13.5. The van der Waals surface area contributed by atoms with E-state index in [2.05, 4.69) is 41.4 Å². The lowest BCUT2D eigenvalue weighted by Gasteiger charge is -2.27. The van der Waals surface area contributed by atoms with Crippen LogP contribution in [0.25, 0.3) is 10.9 Å². The number of carbonyl (C=O) groups excluding carboxylic acids is 2. The molecule has 34 heavy (non-hydrogen) atoms. The molecule has 0 bridgehead atoms. The fraction of sp³-hybridized carbons (Fsp3) is 0.286. The third kappa shape index (κ3) is 5.57. The predicted molar refractivity (Wildman–Crippen MR) is 134 cm³/mol. The topological polar surface area (TPSA) is 69.6 Å². The van der Waals surface area contributed by atoms with E-state index in [1.54, 1.807) is 17.0 Å². The molecule has 0 fully saturated rings. The van der Waals surface area contributed by atoms with Gasteiger partial charge in [0.05, 0.1) is 6.26 Å². The molecule has 0 spiro atoms. The fourth-order valence-electron chi connectivity index (χ4n) is 4.14. The molecule has 176 valence electrons. The van der Waals surface area contributed by atoms with E-state index in [4.69, 9.17) is 4.42 Å². The highest BCUT2D eigenvalue weighted by Gasteiger charge is 2.23. The maximum absolute atomic E-state index is 13.5. The first-order chi connectivity index (χ1) is 16.5. The van der Waals surface area contributed by atoms with Gasteiger partial charge in [-0.05, 0) is 49.1 Å². The zero-order valence-corrected chi connectivity index (χ0v) is 19.8. The number of H-pyrrole nitrogens is 1. The quantitative estimate of drug-likeness (QED) is 0.356. The molecule has 2 amide bonds. The average Bonchev–Trinajstić information content (AvgIpc) is 3.53. The Morgan fingerprint density at radius 1 is 0.941 bits per heavy atom. The van der Waals surface area contributed by atoms with Crippen LogP contribution in [0.5, 0.6) is 0 Å². The highest BCUT2D eigenvalue weighted by atomic mass is 16.3. The standard InChI is InChI=1S/C28H31N3O3/c1-3-15-31(28(33)26-9-6-17-34-26)20-27(32)30(19-22-12-10-21(2)11-13-22)16-14-23-18-29-25-8-5-4-7-24(23)25/h4-13,17-18,29H,3,14-16,19-20H2,1-2H3. The minimum atomic E-state index is -0.257. The van der Waals surface area contributed by atoms with Crippen molar-refractivity contribution in [1.29, 1.82) is 0 Å². The summed E-state index contributed by atoms with van der Waals surface area (Å²) >= 11 is 0. The Hall–Kier alpha value is -3.80. The first-order valence-corrected chi connectivity index (χ1v) is 11.8. The average molecular weight is 458 g/mol. The van der Waals surface area contributed by atoms with Crippen molar-refractivity contribution in [1.82, 2.24) is 14.8 Å². The van der Waals surface area contributed by atoms with Crippen LogP contribution in [-0.2, 0) is 17.8 Å². The summed E-state index contributed by atoms with van der Waals surface area (Å²) in [5.41, 5.74) is 4.51. The Labute approximate surface area is 200 Å². The van der Waals surface area contributed by atoms with Gasteiger partial charge in [0, 0.05) is 36.7 Å². The predicted octanol–water partition coefficient (Wildman–Crippen LogP) is 5.19. The number of furan rings is 1. The third-order valence-electron chi connectivity index (χ3n) is 6.01. The zero-order chi connectivity index (χ0) is 23.9. The van der Waals surface area contributed by atoms with E-state index in [-0.39, 0.29) is 24.1 Å². The van der Waals surface area contributed by atoms with Crippen LogP contribution in [0.1, 0.15) is 40.6 Å². The Kier molecular flexibility index (Phi) is 7.48. The summed E-state index contributed by atoms with van der Waals surface area (Å²) in [6, 6.07) is 19.7. The molecular weight excluding hydrogens is 426 g/mol. The lowest BCUT2D eigenvalue weighted by molar-refractivity contribution is -0.132. The molecule has 1 N–H and O–H groups in total. The Balaban J connectivity index is 1.52. The van der Waals surface area contributed by atoms with Crippen molar-refractivity contribution in [3.63, 3.8) is 0 Å². The summed E-state index contributed by atoms with van der Waals surface area (Å²) < 4.78 is 5.29. The van der Waals surface area contributed by atoms with Crippen molar-refractivity contribution < 1.29 is 14.0 Å². The number of aromatic amines is 1.